The van der Waals surface area contributed by atoms with Gasteiger partial charge in [-0.25, -0.2) is 0 Å². The number of hydrogen-bond donors (Lipinski definition) is 1. The van der Waals surface area contributed by atoms with Gasteiger partial charge < -0.3 is 5.73 Å². The molecule has 0 radical (unpaired) electrons. The van der Waals surface area contributed by atoms with Crippen LogP contribution >= 0.6 is 11.6 Å². The molecule has 0 saturated carbocycles. The molecule has 0 amide bonds. The molecule has 1 aromatic heterocycles. The lowest BCUT2D eigenvalue weighted by molar-refractivity contribution is 1.07. The first kappa shape index (κ1) is 11.2. The highest BCUT2D eigenvalue weighted by atomic mass is 35.5. The third-order valence-electron chi connectivity index (χ3n) is 3.05. The Hall–Kier alpha value is -1.28. The Labute approximate surface area is 100 Å². The lowest BCUT2D eigenvalue weighted by Gasteiger charge is -2.12. The zero-order chi connectivity index (χ0) is 11.9. The van der Waals surface area contributed by atoms with E-state index in [0.717, 1.165) is 44.9 Å². The molecule has 0 bridgehead atoms. The van der Waals surface area contributed by atoms with Crippen molar-refractivity contribution < 1.29 is 0 Å². The minimum Gasteiger partial charge on any atom is -0.398 e. The molecular formula is C13H15ClN2. The highest BCUT2D eigenvalue weighted by Gasteiger charge is 2.11. The van der Waals surface area contributed by atoms with Crippen LogP contribution in [0.1, 0.15) is 23.7 Å². The smallest absolute Gasteiger partial charge is 0.0770 e. The number of fused-ring (bicyclic) bond motifs is 1. The molecule has 3 heteroatoms. The Kier molecular flexibility index (Phi) is 2.76. The molecule has 0 unspecified atom stereocenters. The van der Waals surface area contributed by atoms with E-state index in [-0.39, 0.29) is 0 Å². The highest BCUT2D eigenvalue weighted by Crippen LogP contribution is 2.31. The number of aromatic nitrogens is 1. The number of nitrogens with zero attached hydrogens (tertiary/aromatic N) is 1. The van der Waals surface area contributed by atoms with Crippen molar-refractivity contribution in [3.05, 3.63) is 34.0 Å². The summed E-state index contributed by atoms with van der Waals surface area (Å²) in [5, 5.41) is 1.74. The molecule has 2 aromatic rings. The van der Waals surface area contributed by atoms with Gasteiger partial charge in [0.25, 0.3) is 0 Å². The van der Waals surface area contributed by atoms with E-state index in [1.807, 2.05) is 26.0 Å². The van der Waals surface area contributed by atoms with E-state index >= 15 is 0 Å². The van der Waals surface area contributed by atoms with Gasteiger partial charge in [-0.05, 0) is 43.5 Å². The number of anilines is 1. The maximum absolute atomic E-state index is 6.17. The topological polar surface area (TPSA) is 38.9 Å². The average molecular weight is 235 g/mol. The zero-order valence-electron chi connectivity index (χ0n) is 9.76. The molecule has 1 heterocycles. The first-order chi connectivity index (χ1) is 7.56. The molecular weight excluding hydrogens is 220 g/mol. The SMILES string of the molecule is CCc1c(C)nc2c(C)c(Cl)ccc2c1N. The fourth-order valence-electron chi connectivity index (χ4n) is 2.08. The second kappa shape index (κ2) is 3.95. The van der Waals surface area contributed by atoms with Gasteiger partial charge in [0.2, 0.25) is 0 Å². The summed E-state index contributed by atoms with van der Waals surface area (Å²) >= 11 is 6.09. The molecule has 1 aromatic carbocycles. The quantitative estimate of drug-likeness (QED) is 0.818. The van der Waals surface area contributed by atoms with E-state index in [0.29, 0.717) is 0 Å². The normalized spacial score (nSPS) is 11.0. The van der Waals surface area contributed by atoms with Crippen molar-refractivity contribution in [2.75, 3.05) is 5.73 Å². The van der Waals surface area contributed by atoms with E-state index in [1.54, 1.807) is 0 Å². The molecule has 16 heavy (non-hydrogen) atoms. The fraction of sp³-hybridized carbons (Fsp3) is 0.308. The Morgan fingerprint density at radius 2 is 2.00 bits per heavy atom. The Morgan fingerprint density at radius 3 is 2.62 bits per heavy atom. The van der Waals surface area contributed by atoms with Crippen molar-refractivity contribution in [3.63, 3.8) is 0 Å². The molecule has 84 valence electrons. The van der Waals surface area contributed by atoms with Gasteiger partial charge in [-0.15, -0.1) is 0 Å². The largest absolute Gasteiger partial charge is 0.398 e. The molecule has 0 aliphatic rings. The molecule has 0 fully saturated rings. The predicted octanol–water partition coefficient (Wildman–Crippen LogP) is 3.65. The molecule has 2 N–H and O–H groups in total. The van der Waals surface area contributed by atoms with Crippen LogP contribution < -0.4 is 5.73 Å². The number of rotatable bonds is 1. The van der Waals surface area contributed by atoms with Crippen LogP contribution in [0.15, 0.2) is 12.1 Å². The van der Waals surface area contributed by atoms with Crippen molar-refractivity contribution >= 4 is 28.2 Å². The van der Waals surface area contributed by atoms with E-state index in [1.165, 1.54) is 0 Å². The third kappa shape index (κ3) is 1.54. The van der Waals surface area contributed by atoms with Crippen molar-refractivity contribution in [2.45, 2.75) is 27.2 Å². The summed E-state index contributed by atoms with van der Waals surface area (Å²) in [7, 11) is 0. The maximum atomic E-state index is 6.17. The first-order valence-electron chi connectivity index (χ1n) is 5.40. The van der Waals surface area contributed by atoms with Crippen LogP contribution in [0.25, 0.3) is 10.9 Å². The van der Waals surface area contributed by atoms with Crippen LogP contribution in [0.2, 0.25) is 5.02 Å². The number of nitrogens with two attached hydrogens (primary N) is 1. The summed E-state index contributed by atoms with van der Waals surface area (Å²) in [6, 6.07) is 3.83. The molecule has 2 nitrogen and oxygen atoms in total. The lowest BCUT2D eigenvalue weighted by atomic mass is 10.0. The van der Waals surface area contributed by atoms with Crippen molar-refractivity contribution in [1.29, 1.82) is 0 Å². The zero-order valence-corrected chi connectivity index (χ0v) is 10.5. The van der Waals surface area contributed by atoms with Gasteiger partial charge in [-0.3, -0.25) is 4.98 Å². The summed E-state index contributed by atoms with van der Waals surface area (Å²) in [6.45, 7) is 6.06. The predicted molar refractivity (Wildman–Crippen MR) is 70.0 cm³/mol. The van der Waals surface area contributed by atoms with E-state index in [9.17, 15) is 0 Å². The second-order valence-electron chi connectivity index (χ2n) is 4.01. The van der Waals surface area contributed by atoms with E-state index < -0.39 is 0 Å². The molecule has 0 aliphatic heterocycles. The fourth-order valence-corrected chi connectivity index (χ4v) is 2.23. The molecule has 0 aliphatic carbocycles. The monoisotopic (exact) mass is 234 g/mol. The number of halogens is 1. The summed E-state index contributed by atoms with van der Waals surface area (Å²) in [5.74, 6) is 0. The maximum Gasteiger partial charge on any atom is 0.0770 e. The number of pyridine rings is 1. The van der Waals surface area contributed by atoms with Gasteiger partial charge in [0.05, 0.1) is 5.52 Å². The summed E-state index contributed by atoms with van der Waals surface area (Å²) < 4.78 is 0. The number of benzene rings is 1. The molecule has 2 rings (SSSR count). The van der Waals surface area contributed by atoms with Gasteiger partial charge in [-0.2, -0.15) is 0 Å². The second-order valence-corrected chi connectivity index (χ2v) is 4.42. The first-order valence-corrected chi connectivity index (χ1v) is 5.77. The van der Waals surface area contributed by atoms with Crippen LogP contribution in [0.5, 0.6) is 0 Å². The minimum atomic E-state index is 0.739. The van der Waals surface area contributed by atoms with Crippen LogP contribution in [0, 0.1) is 13.8 Å². The Morgan fingerprint density at radius 1 is 1.31 bits per heavy atom. The van der Waals surface area contributed by atoms with Gasteiger partial charge in [0, 0.05) is 21.8 Å². The number of aryl methyl sites for hydroxylation is 2. The van der Waals surface area contributed by atoms with Crippen LogP contribution in [0.3, 0.4) is 0 Å². The molecule has 0 atom stereocenters. The Balaban J connectivity index is 2.92. The van der Waals surface area contributed by atoms with Crippen molar-refractivity contribution in [1.82, 2.24) is 4.98 Å². The average Bonchev–Trinajstić information content (AvgIpc) is 2.25. The van der Waals surface area contributed by atoms with Crippen molar-refractivity contribution in [2.24, 2.45) is 0 Å². The Bertz CT molecular complexity index is 562. The van der Waals surface area contributed by atoms with Crippen LogP contribution in [-0.2, 0) is 6.42 Å². The summed E-state index contributed by atoms with van der Waals surface area (Å²) in [5.41, 5.74) is 11.0. The van der Waals surface area contributed by atoms with Gasteiger partial charge in [0.1, 0.15) is 0 Å². The number of hydrogen-bond acceptors (Lipinski definition) is 2. The third-order valence-corrected chi connectivity index (χ3v) is 3.46. The van der Waals surface area contributed by atoms with Gasteiger partial charge in [0.15, 0.2) is 0 Å². The summed E-state index contributed by atoms with van der Waals surface area (Å²) in [6.07, 6.45) is 0.905. The lowest BCUT2D eigenvalue weighted by Crippen LogP contribution is -2.01. The minimum absolute atomic E-state index is 0.739. The number of nitrogen functional groups attached to an aromatic ring is 1. The highest BCUT2D eigenvalue weighted by molar-refractivity contribution is 6.32. The van der Waals surface area contributed by atoms with Crippen LogP contribution in [-0.4, -0.2) is 4.98 Å². The van der Waals surface area contributed by atoms with Gasteiger partial charge >= 0.3 is 0 Å². The van der Waals surface area contributed by atoms with E-state index in [4.69, 9.17) is 17.3 Å². The van der Waals surface area contributed by atoms with Crippen LogP contribution in [0.4, 0.5) is 5.69 Å². The molecule has 0 spiro atoms. The van der Waals surface area contributed by atoms with E-state index in [2.05, 4.69) is 11.9 Å². The standard InChI is InChI=1S/C13H15ClN2/c1-4-9-8(3)16-13-7(2)11(14)6-5-10(13)12(9)15/h5-6H,4H2,1-3H3,(H2,15,16). The van der Waals surface area contributed by atoms with Crippen molar-refractivity contribution in [3.8, 4) is 0 Å². The van der Waals surface area contributed by atoms with Gasteiger partial charge in [-0.1, -0.05) is 18.5 Å². The molecule has 0 saturated heterocycles. The summed E-state index contributed by atoms with van der Waals surface area (Å²) in [4.78, 5) is 4.60.